The van der Waals surface area contributed by atoms with Crippen LogP contribution in [0, 0.1) is 6.92 Å². The molecule has 2 amide bonds. The number of urea groups is 1. The van der Waals surface area contributed by atoms with E-state index in [1.54, 1.807) is 4.90 Å². The number of carbonyl (C=O) groups excluding carboxylic acids is 1. The Bertz CT molecular complexity index is 681. The predicted octanol–water partition coefficient (Wildman–Crippen LogP) is 2.74. The molecule has 2 aromatic rings. The van der Waals surface area contributed by atoms with Crippen LogP contribution < -0.4 is 10.2 Å². The van der Waals surface area contributed by atoms with Gasteiger partial charge in [0.1, 0.15) is 0 Å². The SMILES string of the molecule is Cc1ccc2ccc(N3CC[C](=[Co])NC3=O)cc2c1. The number of nitrogens with one attached hydrogen (secondary N) is 1. The minimum absolute atomic E-state index is 0.110. The molecule has 0 bridgehead atoms. The van der Waals surface area contributed by atoms with Gasteiger partial charge in [0, 0.05) is 0 Å². The number of hydrogen-bond acceptors (Lipinski definition) is 1. The zero-order valence-corrected chi connectivity index (χ0v) is 11.6. The summed E-state index contributed by atoms with van der Waals surface area (Å²) >= 11 is 4.26. The van der Waals surface area contributed by atoms with Gasteiger partial charge < -0.3 is 0 Å². The second kappa shape index (κ2) is 4.79. The predicted molar refractivity (Wildman–Crippen MR) is 74.2 cm³/mol. The summed E-state index contributed by atoms with van der Waals surface area (Å²) < 4.78 is 0.727. The van der Waals surface area contributed by atoms with Gasteiger partial charge in [0.15, 0.2) is 0 Å². The monoisotopic (exact) mass is 297 g/mol. The molecule has 99 valence electrons. The van der Waals surface area contributed by atoms with Crippen molar-refractivity contribution in [3.63, 3.8) is 0 Å². The maximum absolute atomic E-state index is 12.0. The van der Waals surface area contributed by atoms with Crippen molar-refractivity contribution in [2.75, 3.05) is 11.4 Å². The van der Waals surface area contributed by atoms with Crippen LogP contribution in [0.25, 0.3) is 10.8 Å². The number of carbonyl (C=O) groups is 1. The van der Waals surface area contributed by atoms with Crippen molar-refractivity contribution < 1.29 is 20.1 Å². The zero-order chi connectivity index (χ0) is 13.4. The van der Waals surface area contributed by atoms with Crippen molar-refractivity contribution in [1.29, 1.82) is 0 Å². The van der Waals surface area contributed by atoms with Crippen molar-refractivity contribution >= 4 is 27.1 Å². The van der Waals surface area contributed by atoms with Gasteiger partial charge in [-0.3, -0.25) is 0 Å². The number of aryl methyl sites for hydroxylation is 1. The van der Waals surface area contributed by atoms with Gasteiger partial charge >= 0.3 is 119 Å². The Morgan fingerprint density at radius 1 is 1.16 bits per heavy atom. The Morgan fingerprint density at radius 3 is 2.74 bits per heavy atom. The number of anilines is 1. The molecular weight excluding hydrogens is 283 g/mol. The summed E-state index contributed by atoms with van der Waals surface area (Å²) in [6, 6.07) is 12.3. The minimum atomic E-state index is -0.110. The van der Waals surface area contributed by atoms with Gasteiger partial charge in [-0.2, -0.15) is 0 Å². The topological polar surface area (TPSA) is 32.3 Å². The van der Waals surface area contributed by atoms with Crippen LogP contribution in [0.5, 0.6) is 0 Å². The number of fused-ring (bicyclic) bond motifs is 1. The summed E-state index contributed by atoms with van der Waals surface area (Å²) in [5.41, 5.74) is 2.15. The fourth-order valence-electron chi connectivity index (χ4n) is 2.32. The van der Waals surface area contributed by atoms with Crippen LogP contribution >= 0.6 is 0 Å². The molecular formula is C15H14CoN2O. The molecule has 19 heavy (non-hydrogen) atoms. The second-order valence-corrected chi connectivity index (χ2v) is 5.37. The second-order valence-electron chi connectivity index (χ2n) is 4.74. The fourth-order valence-corrected chi connectivity index (χ4v) is 2.54. The van der Waals surface area contributed by atoms with Gasteiger partial charge in [-0.1, -0.05) is 0 Å². The third kappa shape index (κ3) is 2.41. The molecule has 3 nitrogen and oxygen atoms in total. The Morgan fingerprint density at radius 2 is 1.95 bits per heavy atom. The van der Waals surface area contributed by atoms with Gasteiger partial charge in [0.2, 0.25) is 0 Å². The molecule has 1 saturated heterocycles. The molecule has 0 unspecified atom stereocenters. The Labute approximate surface area is 119 Å². The van der Waals surface area contributed by atoms with E-state index < -0.39 is 0 Å². The van der Waals surface area contributed by atoms with Gasteiger partial charge in [-0.05, 0) is 0 Å². The number of nitrogens with zero attached hydrogens (tertiary/aromatic N) is 1. The zero-order valence-electron chi connectivity index (χ0n) is 10.6. The average molecular weight is 297 g/mol. The van der Waals surface area contributed by atoms with Gasteiger partial charge in [-0.15, -0.1) is 0 Å². The normalized spacial score (nSPS) is 15.8. The van der Waals surface area contributed by atoms with Gasteiger partial charge in [-0.25, -0.2) is 0 Å². The molecule has 0 aromatic heterocycles. The summed E-state index contributed by atoms with van der Waals surface area (Å²) in [7, 11) is 0. The standard InChI is InChI=1S/C15H14N2O.Co/c1-11-3-4-12-5-6-14(10-13(12)9-11)17-8-2-7-16-15(17)18;/h3-6,9-10H,2,8H2,1H3,(H,16,18);. The van der Waals surface area contributed by atoms with E-state index in [1.807, 2.05) is 6.07 Å². The third-order valence-corrected chi connectivity index (χ3v) is 3.71. The molecule has 4 heteroatoms. The van der Waals surface area contributed by atoms with E-state index in [9.17, 15) is 4.79 Å². The number of benzene rings is 2. The van der Waals surface area contributed by atoms with Crippen LogP contribution in [0.15, 0.2) is 36.4 Å². The van der Waals surface area contributed by atoms with Gasteiger partial charge in [0.05, 0.1) is 0 Å². The van der Waals surface area contributed by atoms with Crippen molar-refractivity contribution in [3.05, 3.63) is 42.0 Å². The molecule has 3 rings (SSSR count). The van der Waals surface area contributed by atoms with E-state index >= 15 is 0 Å². The molecule has 1 aliphatic rings. The van der Waals surface area contributed by atoms with Crippen LogP contribution in [0.4, 0.5) is 10.5 Å². The molecule has 0 radical (unpaired) electrons. The first-order chi connectivity index (χ1) is 9.13. The Balaban J connectivity index is 2.01. The van der Waals surface area contributed by atoms with Crippen molar-refractivity contribution in [1.82, 2.24) is 5.32 Å². The van der Waals surface area contributed by atoms with E-state index in [0.717, 1.165) is 22.1 Å². The molecule has 0 atom stereocenters. The molecule has 0 aliphatic carbocycles. The van der Waals surface area contributed by atoms with Crippen molar-refractivity contribution in [3.8, 4) is 0 Å². The number of hydrogen-bond donors (Lipinski definition) is 1. The van der Waals surface area contributed by atoms with Crippen LogP contribution in [-0.2, 0) is 15.3 Å². The van der Waals surface area contributed by atoms with Crippen LogP contribution in [0.3, 0.4) is 0 Å². The van der Waals surface area contributed by atoms with Crippen LogP contribution in [0.2, 0.25) is 0 Å². The molecule has 1 N–H and O–H groups in total. The quantitative estimate of drug-likeness (QED) is 0.862. The first-order valence-corrected chi connectivity index (χ1v) is 6.73. The fraction of sp³-hybridized carbons (Fsp3) is 0.200. The molecule has 1 fully saturated rings. The molecule has 0 saturated carbocycles. The first-order valence-electron chi connectivity index (χ1n) is 6.21. The van der Waals surface area contributed by atoms with Crippen molar-refractivity contribution in [2.24, 2.45) is 0 Å². The van der Waals surface area contributed by atoms with E-state index in [1.165, 1.54) is 10.9 Å². The summed E-state index contributed by atoms with van der Waals surface area (Å²) in [4.78, 5) is 13.7. The number of amides is 2. The molecule has 1 aliphatic heterocycles. The first kappa shape index (κ1) is 12.4. The summed E-state index contributed by atoms with van der Waals surface area (Å²) in [5.74, 6) is 0. The molecule has 1 heterocycles. The van der Waals surface area contributed by atoms with Crippen LogP contribution in [0.1, 0.15) is 12.0 Å². The summed E-state index contributed by atoms with van der Waals surface area (Å²) in [6.45, 7) is 2.74. The van der Waals surface area contributed by atoms with Crippen molar-refractivity contribution in [2.45, 2.75) is 13.3 Å². The molecule has 0 spiro atoms. The number of rotatable bonds is 1. The Hall–Kier alpha value is -1.65. The van der Waals surface area contributed by atoms with Gasteiger partial charge in [0.25, 0.3) is 0 Å². The maximum atomic E-state index is 12.0. The Kier molecular flexibility index (Phi) is 3.12. The summed E-state index contributed by atoms with van der Waals surface area (Å²) in [6.07, 6.45) is 0.762. The third-order valence-electron chi connectivity index (χ3n) is 3.32. The summed E-state index contributed by atoms with van der Waals surface area (Å²) in [5, 5.41) is 5.10. The van der Waals surface area contributed by atoms with E-state index in [0.29, 0.717) is 6.54 Å². The molecule has 2 aromatic carbocycles. The van der Waals surface area contributed by atoms with E-state index in [-0.39, 0.29) is 6.03 Å². The van der Waals surface area contributed by atoms with E-state index in [4.69, 9.17) is 0 Å². The van der Waals surface area contributed by atoms with Crippen LogP contribution in [-0.4, -0.2) is 17.2 Å². The average Bonchev–Trinajstić information content (AvgIpc) is 2.38. The van der Waals surface area contributed by atoms with E-state index in [2.05, 4.69) is 57.9 Å².